The zero-order valence-electron chi connectivity index (χ0n) is 17.7. The van der Waals surface area contributed by atoms with Gasteiger partial charge in [-0.3, -0.25) is 14.4 Å². The first-order chi connectivity index (χ1) is 14.0. The zero-order chi connectivity index (χ0) is 21.5. The fraction of sp³-hybridized carbons (Fsp3) is 0.818. The Balaban J connectivity index is 1.92. The fourth-order valence-corrected chi connectivity index (χ4v) is 3.33. The molecular formula is C22H36O7. The molecule has 1 aliphatic rings. The van der Waals surface area contributed by atoms with Crippen LogP contribution in [0, 0.1) is 0 Å². The number of rotatable bonds is 17. The molecule has 0 saturated carbocycles. The molecule has 1 saturated heterocycles. The largest absolute Gasteiger partial charge is 0.463 e. The molecule has 0 radical (unpaired) electrons. The van der Waals surface area contributed by atoms with Crippen molar-refractivity contribution in [3.05, 3.63) is 0 Å². The van der Waals surface area contributed by atoms with Gasteiger partial charge < -0.3 is 14.6 Å². The lowest BCUT2D eigenvalue weighted by Crippen LogP contribution is -2.37. The lowest BCUT2D eigenvalue weighted by atomic mass is 10.0. The molecule has 1 heterocycles. The molecule has 7 nitrogen and oxygen atoms in total. The maximum absolute atomic E-state index is 11.7. The number of esters is 2. The van der Waals surface area contributed by atoms with Gasteiger partial charge in [0.25, 0.3) is 5.78 Å². The highest BCUT2D eigenvalue weighted by atomic mass is 16.6. The second-order valence-corrected chi connectivity index (χ2v) is 7.76. The van der Waals surface area contributed by atoms with E-state index in [0.29, 0.717) is 6.42 Å². The topological polar surface area (TPSA) is 107 Å². The lowest BCUT2D eigenvalue weighted by molar-refractivity contribution is -0.156. The molecule has 0 spiro atoms. The summed E-state index contributed by atoms with van der Waals surface area (Å²) < 4.78 is 9.38. The van der Waals surface area contributed by atoms with Crippen LogP contribution in [0.15, 0.2) is 0 Å². The standard InChI is InChI=1S/C22H36O7/c1-2-3-4-5-6-7-8-9-10-11-12-13-14-15-18(24)28-16-17(23)21-19(25)20(26)22(27)29-21/h17,21,23H,2-16H2,1H3. The van der Waals surface area contributed by atoms with Crippen molar-refractivity contribution in [3.63, 3.8) is 0 Å². The van der Waals surface area contributed by atoms with Crippen LogP contribution in [0.1, 0.15) is 96.8 Å². The summed E-state index contributed by atoms with van der Waals surface area (Å²) in [6, 6.07) is 0. The van der Waals surface area contributed by atoms with Crippen LogP contribution in [0.5, 0.6) is 0 Å². The molecule has 29 heavy (non-hydrogen) atoms. The van der Waals surface area contributed by atoms with Gasteiger partial charge in [-0.15, -0.1) is 0 Å². The summed E-state index contributed by atoms with van der Waals surface area (Å²) in [6.07, 6.45) is 12.9. The molecule has 0 aliphatic carbocycles. The number of carbonyl (C=O) groups excluding carboxylic acids is 4. The summed E-state index contributed by atoms with van der Waals surface area (Å²) in [5.74, 6) is -4.14. The lowest BCUT2D eigenvalue weighted by Gasteiger charge is -2.15. The number of cyclic esters (lactones) is 1. The number of unbranched alkanes of at least 4 members (excludes halogenated alkanes) is 12. The van der Waals surface area contributed by atoms with Crippen molar-refractivity contribution < 1.29 is 33.8 Å². The molecule has 7 heteroatoms. The summed E-state index contributed by atoms with van der Waals surface area (Å²) in [7, 11) is 0. The van der Waals surface area contributed by atoms with E-state index in [2.05, 4.69) is 11.7 Å². The van der Waals surface area contributed by atoms with Crippen LogP contribution in [0.25, 0.3) is 0 Å². The van der Waals surface area contributed by atoms with Crippen LogP contribution in [-0.4, -0.2) is 47.4 Å². The summed E-state index contributed by atoms with van der Waals surface area (Å²) in [5, 5.41) is 9.76. The van der Waals surface area contributed by atoms with Crippen molar-refractivity contribution >= 4 is 23.5 Å². The van der Waals surface area contributed by atoms with Gasteiger partial charge in [-0.25, -0.2) is 4.79 Å². The average molecular weight is 413 g/mol. The maximum atomic E-state index is 11.7. The van der Waals surface area contributed by atoms with Crippen molar-refractivity contribution in [2.45, 2.75) is 109 Å². The number of hydrogen-bond acceptors (Lipinski definition) is 7. The van der Waals surface area contributed by atoms with Gasteiger partial charge in [0.15, 0.2) is 6.10 Å². The predicted octanol–water partition coefficient (Wildman–Crippen LogP) is 3.44. The summed E-state index contributed by atoms with van der Waals surface area (Å²) >= 11 is 0. The SMILES string of the molecule is CCCCCCCCCCCCCCCC(=O)OCC(O)C1OC(=O)C(=O)C1=O. The molecule has 166 valence electrons. The second kappa shape index (κ2) is 15.1. The van der Waals surface area contributed by atoms with Crippen LogP contribution in [0.2, 0.25) is 0 Å². The molecule has 1 aliphatic heterocycles. The first kappa shape index (κ1) is 25.3. The number of hydrogen-bond donors (Lipinski definition) is 1. The smallest absolute Gasteiger partial charge is 0.383 e. The average Bonchev–Trinajstić information content (AvgIpc) is 2.97. The zero-order valence-corrected chi connectivity index (χ0v) is 17.7. The molecule has 0 bridgehead atoms. The fourth-order valence-electron chi connectivity index (χ4n) is 3.33. The van der Waals surface area contributed by atoms with Gasteiger partial charge in [0.05, 0.1) is 0 Å². The van der Waals surface area contributed by atoms with Crippen LogP contribution in [0.3, 0.4) is 0 Å². The Morgan fingerprint density at radius 1 is 0.897 bits per heavy atom. The summed E-state index contributed by atoms with van der Waals surface area (Å²) in [5.41, 5.74) is 0. The van der Waals surface area contributed by atoms with E-state index < -0.39 is 42.3 Å². The molecule has 1 rings (SSSR count). The van der Waals surface area contributed by atoms with Gasteiger partial charge in [-0.2, -0.15) is 0 Å². The number of ketones is 2. The Morgan fingerprint density at radius 2 is 1.38 bits per heavy atom. The first-order valence-corrected chi connectivity index (χ1v) is 11.1. The highest BCUT2D eigenvalue weighted by Crippen LogP contribution is 2.14. The number of Topliss-reactive ketones (excluding diaryl/α,β-unsaturated/α-hetero) is 2. The van der Waals surface area contributed by atoms with Crippen molar-refractivity contribution in [3.8, 4) is 0 Å². The Morgan fingerprint density at radius 3 is 1.83 bits per heavy atom. The molecule has 1 fully saturated rings. The number of aliphatic hydroxyl groups excluding tert-OH is 1. The Bertz CT molecular complexity index is 529. The quantitative estimate of drug-likeness (QED) is 0.221. The number of carbonyl (C=O) groups is 4. The summed E-state index contributed by atoms with van der Waals surface area (Å²) in [4.78, 5) is 45.1. The van der Waals surface area contributed by atoms with Crippen LogP contribution in [0.4, 0.5) is 0 Å². The minimum atomic E-state index is -1.57. The molecular weight excluding hydrogens is 376 g/mol. The van der Waals surface area contributed by atoms with E-state index >= 15 is 0 Å². The highest BCUT2D eigenvalue weighted by Gasteiger charge is 2.46. The summed E-state index contributed by atoms with van der Waals surface area (Å²) in [6.45, 7) is 1.76. The minimum Gasteiger partial charge on any atom is -0.463 e. The Hall–Kier alpha value is -1.76. The number of aliphatic hydroxyl groups is 1. The number of ether oxygens (including phenoxy) is 2. The van der Waals surface area contributed by atoms with Crippen molar-refractivity contribution in [1.82, 2.24) is 0 Å². The van der Waals surface area contributed by atoms with Crippen LogP contribution in [-0.2, 0) is 28.7 Å². The van der Waals surface area contributed by atoms with E-state index in [1.54, 1.807) is 0 Å². The van der Waals surface area contributed by atoms with E-state index in [4.69, 9.17) is 4.74 Å². The van der Waals surface area contributed by atoms with E-state index in [9.17, 15) is 24.3 Å². The first-order valence-electron chi connectivity index (χ1n) is 11.1. The normalized spacial score (nSPS) is 17.4. The molecule has 2 atom stereocenters. The third-order valence-electron chi connectivity index (χ3n) is 5.15. The molecule has 0 amide bonds. The highest BCUT2D eigenvalue weighted by molar-refractivity contribution is 6.65. The van der Waals surface area contributed by atoms with Gasteiger partial charge in [-0.05, 0) is 6.42 Å². The molecule has 0 aromatic heterocycles. The van der Waals surface area contributed by atoms with E-state index in [-0.39, 0.29) is 6.42 Å². The van der Waals surface area contributed by atoms with Crippen LogP contribution >= 0.6 is 0 Å². The monoisotopic (exact) mass is 412 g/mol. The Kier molecular flexibility index (Phi) is 13.2. The third kappa shape index (κ3) is 10.5. The van der Waals surface area contributed by atoms with Crippen molar-refractivity contribution in [2.75, 3.05) is 6.61 Å². The van der Waals surface area contributed by atoms with Gasteiger partial charge in [-0.1, -0.05) is 84.0 Å². The second-order valence-electron chi connectivity index (χ2n) is 7.76. The van der Waals surface area contributed by atoms with Crippen LogP contribution < -0.4 is 0 Å². The molecule has 0 aromatic rings. The molecule has 0 aromatic carbocycles. The maximum Gasteiger partial charge on any atom is 0.383 e. The molecule has 1 N–H and O–H groups in total. The van der Waals surface area contributed by atoms with E-state index in [1.807, 2.05) is 0 Å². The van der Waals surface area contributed by atoms with Gasteiger partial charge in [0.1, 0.15) is 12.7 Å². The molecule has 2 unspecified atom stereocenters. The predicted molar refractivity (Wildman–Crippen MR) is 107 cm³/mol. The van der Waals surface area contributed by atoms with Gasteiger partial charge in [0.2, 0.25) is 0 Å². The van der Waals surface area contributed by atoms with E-state index in [1.165, 1.54) is 64.2 Å². The van der Waals surface area contributed by atoms with Crippen molar-refractivity contribution in [2.24, 2.45) is 0 Å². The van der Waals surface area contributed by atoms with E-state index in [0.717, 1.165) is 12.8 Å². The Labute approximate surface area is 173 Å². The third-order valence-corrected chi connectivity index (χ3v) is 5.15. The van der Waals surface area contributed by atoms with Gasteiger partial charge >= 0.3 is 17.7 Å². The van der Waals surface area contributed by atoms with Gasteiger partial charge in [0, 0.05) is 6.42 Å². The minimum absolute atomic E-state index is 0.238. The van der Waals surface area contributed by atoms with Crippen molar-refractivity contribution in [1.29, 1.82) is 0 Å².